The van der Waals surface area contributed by atoms with Crippen LogP contribution in [0.25, 0.3) is 0 Å². The van der Waals surface area contributed by atoms with E-state index in [0.717, 1.165) is 32.5 Å². The lowest BCUT2D eigenvalue weighted by Crippen LogP contribution is -2.54. The van der Waals surface area contributed by atoms with Crippen molar-refractivity contribution in [3.63, 3.8) is 0 Å². The van der Waals surface area contributed by atoms with Gasteiger partial charge in [0.15, 0.2) is 0 Å². The third-order valence-corrected chi connectivity index (χ3v) is 5.92. The first kappa shape index (κ1) is 15.6. The molecule has 1 aromatic carbocycles. The van der Waals surface area contributed by atoms with Gasteiger partial charge in [-0.05, 0) is 31.4 Å². The predicted molar refractivity (Wildman–Crippen MR) is 96.0 cm³/mol. The Morgan fingerprint density at radius 2 is 2.12 bits per heavy atom. The van der Waals surface area contributed by atoms with Crippen molar-refractivity contribution in [3.05, 3.63) is 23.8 Å². The summed E-state index contributed by atoms with van der Waals surface area (Å²) >= 11 is 0. The molecule has 24 heavy (non-hydrogen) atoms. The average molecular weight is 329 g/mol. The monoisotopic (exact) mass is 329 g/mol. The van der Waals surface area contributed by atoms with Gasteiger partial charge in [-0.1, -0.05) is 19.1 Å². The predicted octanol–water partition coefficient (Wildman–Crippen LogP) is 3.05. The summed E-state index contributed by atoms with van der Waals surface area (Å²) in [7, 11) is 2.20. The van der Waals surface area contributed by atoms with E-state index in [-0.39, 0.29) is 6.09 Å². The van der Waals surface area contributed by atoms with E-state index in [9.17, 15) is 4.79 Å². The summed E-state index contributed by atoms with van der Waals surface area (Å²) in [5, 5.41) is 0. The van der Waals surface area contributed by atoms with Crippen molar-refractivity contribution in [1.29, 1.82) is 0 Å². The summed E-state index contributed by atoms with van der Waals surface area (Å²) in [6.07, 6.45) is 2.02. The molecule has 4 rings (SSSR count). The number of carbonyl (C=O) groups is 1. The summed E-state index contributed by atoms with van der Waals surface area (Å²) in [6, 6.07) is 7.74. The lowest BCUT2D eigenvalue weighted by atomic mass is 9.89. The molecule has 1 saturated heterocycles. The van der Waals surface area contributed by atoms with Crippen LogP contribution >= 0.6 is 0 Å². The minimum absolute atomic E-state index is 0.161. The number of ether oxygens (including phenoxy) is 1. The van der Waals surface area contributed by atoms with E-state index in [0.29, 0.717) is 24.6 Å². The molecule has 0 bridgehead atoms. The number of rotatable bonds is 2. The van der Waals surface area contributed by atoms with Crippen LogP contribution in [0.1, 0.15) is 38.2 Å². The quantitative estimate of drug-likeness (QED) is 0.835. The first-order chi connectivity index (χ1) is 11.7. The second-order valence-electron chi connectivity index (χ2n) is 7.17. The molecule has 3 heterocycles. The molecular formula is C19H27N3O2. The number of benzene rings is 1. The maximum Gasteiger partial charge on any atom is 0.409 e. The molecule has 1 fully saturated rings. The Morgan fingerprint density at radius 3 is 2.88 bits per heavy atom. The second kappa shape index (κ2) is 5.87. The van der Waals surface area contributed by atoms with Gasteiger partial charge in [-0.2, -0.15) is 0 Å². The molecule has 3 atom stereocenters. The fourth-order valence-corrected chi connectivity index (χ4v) is 4.84. The molecule has 1 unspecified atom stereocenters. The number of nitrogens with zero attached hydrogens (tertiary/aromatic N) is 3. The lowest BCUT2D eigenvalue weighted by molar-refractivity contribution is 0.0929. The molecule has 130 valence electrons. The van der Waals surface area contributed by atoms with Gasteiger partial charge in [0.25, 0.3) is 0 Å². The van der Waals surface area contributed by atoms with Crippen molar-refractivity contribution in [2.45, 2.75) is 44.7 Å². The Labute approximate surface area is 144 Å². The normalized spacial score (nSPS) is 27.8. The van der Waals surface area contributed by atoms with Crippen LogP contribution in [0.4, 0.5) is 16.2 Å². The van der Waals surface area contributed by atoms with E-state index in [1.165, 1.54) is 16.9 Å². The van der Waals surface area contributed by atoms with E-state index in [4.69, 9.17) is 4.74 Å². The molecule has 0 aliphatic carbocycles. The van der Waals surface area contributed by atoms with Crippen molar-refractivity contribution >= 4 is 17.5 Å². The number of fused-ring (bicyclic) bond motifs is 3. The third-order valence-electron chi connectivity index (χ3n) is 5.92. The number of hydrogen-bond donors (Lipinski definition) is 0. The maximum atomic E-state index is 12.2. The second-order valence-corrected chi connectivity index (χ2v) is 7.17. The Kier molecular flexibility index (Phi) is 3.82. The highest BCUT2D eigenvalue weighted by Gasteiger charge is 2.48. The van der Waals surface area contributed by atoms with Crippen LogP contribution in [0.3, 0.4) is 0 Å². The molecule has 0 N–H and O–H groups in total. The smallest absolute Gasteiger partial charge is 0.409 e. The van der Waals surface area contributed by atoms with Crippen molar-refractivity contribution in [2.24, 2.45) is 0 Å². The number of carbonyl (C=O) groups excluding carboxylic acids is 1. The topological polar surface area (TPSA) is 36.0 Å². The minimum atomic E-state index is -0.161. The number of likely N-dealkylation sites (tertiary alicyclic amines) is 1. The van der Waals surface area contributed by atoms with E-state index in [1.807, 2.05) is 11.8 Å². The number of para-hydroxylation sites is 1. The van der Waals surface area contributed by atoms with Crippen molar-refractivity contribution < 1.29 is 9.53 Å². The van der Waals surface area contributed by atoms with Crippen LogP contribution in [0.5, 0.6) is 0 Å². The van der Waals surface area contributed by atoms with Crippen molar-refractivity contribution in [1.82, 2.24) is 4.90 Å². The zero-order chi connectivity index (χ0) is 16.8. The highest BCUT2D eigenvalue weighted by atomic mass is 16.6. The van der Waals surface area contributed by atoms with Gasteiger partial charge in [0, 0.05) is 44.7 Å². The van der Waals surface area contributed by atoms with Crippen LogP contribution in [-0.4, -0.2) is 56.4 Å². The number of hydrogen-bond acceptors (Lipinski definition) is 4. The van der Waals surface area contributed by atoms with Gasteiger partial charge in [0.05, 0.1) is 18.0 Å². The van der Waals surface area contributed by atoms with E-state index in [1.54, 1.807) is 0 Å². The fraction of sp³-hybridized carbons (Fsp3) is 0.632. The van der Waals surface area contributed by atoms with Gasteiger partial charge in [-0.3, -0.25) is 0 Å². The molecule has 0 radical (unpaired) electrons. The number of likely N-dealkylation sites (N-methyl/N-ethyl adjacent to an activating group) is 1. The fourth-order valence-electron chi connectivity index (χ4n) is 4.84. The number of anilines is 2. The lowest BCUT2D eigenvalue weighted by Gasteiger charge is -2.46. The molecule has 0 saturated carbocycles. The molecule has 1 amide bonds. The largest absolute Gasteiger partial charge is 0.450 e. The maximum absolute atomic E-state index is 12.2. The van der Waals surface area contributed by atoms with E-state index >= 15 is 0 Å². The SMILES string of the molecule is CCOC(=O)N1CC[C@H]2[C@@H](C1)c1cccc3c1N2C(CC)CN3C. The average Bonchev–Trinajstić information content (AvgIpc) is 2.93. The van der Waals surface area contributed by atoms with E-state index in [2.05, 4.69) is 42.0 Å². The van der Waals surface area contributed by atoms with Crippen molar-refractivity contribution in [3.8, 4) is 0 Å². The van der Waals surface area contributed by atoms with Crippen LogP contribution < -0.4 is 9.80 Å². The molecular weight excluding hydrogens is 302 g/mol. The summed E-state index contributed by atoms with van der Waals surface area (Å²) < 4.78 is 5.23. The number of piperidine rings is 1. The van der Waals surface area contributed by atoms with Gasteiger partial charge in [-0.15, -0.1) is 0 Å². The van der Waals surface area contributed by atoms with Gasteiger partial charge in [0.2, 0.25) is 0 Å². The van der Waals surface area contributed by atoms with Crippen LogP contribution in [0, 0.1) is 0 Å². The first-order valence-electron chi connectivity index (χ1n) is 9.19. The first-order valence-corrected chi connectivity index (χ1v) is 9.19. The Bertz CT molecular complexity index is 647. The standard InChI is InChI=1S/C19H27N3O2/c1-4-13-11-20(3)17-8-6-7-14-15-12-21(19(23)24-5-2)10-9-16(15)22(13)18(14)17/h6-8,13,15-16H,4-5,9-12H2,1-3H3/t13?,15-,16-/m0/s1. The minimum Gasteiger partial charge on any atom is -0.450 e. The van der Waals surface area contributed by atoms with Gasteiger partial charge < -0.3 is 19.4 Å². The molecule has 3 aliphatic heterocycles. The van der Waals surface area contributed by atoms with E-state index < -0.39 is 0 Å². The Morgan fingerprint density at radius 1 is 1.29 bits per heavy atom. The van der Waals surface area contributed by atoms with Crippen molar-refractivity contribution in [2.75, 3.05) is 43.1 Å². The van der Waals surface area contributed by atoms with Gasteiger partial charge in [0.1, 0.15) is 0 Å². The van der Waals surface area contributed by atoms with Crippen LogP contribution in [0.15, 0.2) is 18.2 Å². The zero-order valence-corrected chi connectivity index (χ0v) is 14.9. The molecule has 3 aliphatic rings. The summed E-state index contributed by atoms with van der Waals surface area (Å²) in [4.78, 5) is 19.2. The van der Waals surface area contributed by atoms with Gasteiger partial charge >= 0.3 is 6.09 Å². The Hall–Kier alpha value is -1.91. The molecule has 0 aromatic heterocycles. The third kappa shape index (κ3) is 2.17. The van der Waals surface area contributed by atoms with Crippen LogP contribution in [-0.2, 0) is 4.74 Å². The summed E-state index contributed by atoms with van der Waals surface area (Å²) in [5.41, 5.74) is 4.17. The van der Waals surface area contributed by atoms with Gasteiger partial charge in [-0.25, -0.2) is 4.79 Å². The zero-order valence-electron chi connectivity index (χ0n) is 14.9. The number of amides is 1. The summed E-state index contributed by atoms with van der Waals surface area (Å²) in [6.45, 7) is 7.25. The summed E-state index contributed by atoms with van der Waals surface area (Å²) in [5.74, 6) is 0.402. The Balaban J connectivity index is 1.70. The molecule has 5 nitrogen and oxygen atoms in total. The van der Waals surface area contributed by atoms with Crippen LogP contribution in [0.2, 0.25) is 0 Å². The molecule has 1 aromatic rings. The molecule has 0 spiro atoms. The molecule has 5 heteroatoms. The highest BCUT2D eigenvalue weighted by Crippen LogP contribution is 2.52. The highest BCUT2D eigenvalue weighted by molar-refractivity contribution is 5.81.